The van der Waals surface area contributed by atoms with Gasteiger partial charge in [0.15, 0.2) is 0 Å². The van der Waals surface area contributed by atoms with Crippen molar-refractivity contribution in [3.8, 4) is 0 Å². The molecule has 2 heterocycles. The second-order valence-corrected chi connectivity index (χ2v) is 13.3. The number of alkyl halides is 2. The first-order chi connectivity index (χ1) is 20.3. The first kappa shape index (κ1) is 31.0. The van der Waals surface area contributed by atoms with Crippen LogP contribution in [0.2, 0.25) is 0 Å². The zero-order chi connectivity index (χ0) is 30.9. The number of carbonyl (C=O) groups excluding carboxylic acids is 2. The van der Waals surface area contributed by atoms with E-state index in [1.165, 1.54) is 6.07 Å². The van der Waals surface area contributed by atoms with Crippen molar-refractivity contribution >= 4 is 17.5 Å². The summed E-state index contributed by atoms with van der Waals surface area (Å²) in [5, 5.41) is 3.11. The van der Waals surface area contributed by atoms with Gasteiger partial charge in [-0.3, -0.25) is 14.5 Å². The number of aryl methyl sites for hydroxylation is 1. The normalized spacial score (nSPS) is 24.1. The van der Waals surface area contributed by atoms with E-state index in [-0.39, 0.29) is 35.8 Å². The van der Waals surface area contributed by atoms with Crippen LogP contribution in [0.25, 0.3) is 0 Å². The Morgan fingerprint density at radius 1 is 1.09 bits per heavy atom. The number of carbonyl (C=O) groups is 2. The van der Waals surface area contributed by atoms with Crippen molar-refractivity contribution in [2.24, 2.45) is 11.8 Å². The Morgan fingerprint density at radius 3 is 2.51 bits per heavy atom. The Bertz CT molecular complexity index is 1410. The van der Waals surface area contributed by atoms with Gasteiger partial charge >= 0.3 is 0 Å². The summed E-state index contributed by atoms with van der Waals surface area (Å²) in [4.78, 5) is 31.4. The highest BCUT2D eigenvalue weighted by Crippen LogP contribution is 2.37. The number of amides is 2. The molecular weight excluding hydrogens is 551 g/mol. The number of piperidine rings is 1. The number of likely N-dealkylation sites (tertiary alicyclic amines) is 2. The highest BCUT2D eigenvalue weighted by atomic mass is 19.3. The van der Waals surface area contributed by atoms with Gasteiger partial charge in [0.05, 0.1) is 24.1 Å². The second kappa shape index (κ2) is 12.3. The summed E-state index contributed by atoms with van der Waals surface area (Å²) in [6.45, 7) is 9.04. The number of hydrogen-bond donors (Lipinski definition) is 1. The Labute approximate surface area is 252 Å². The van der Waals surface area contributed by atoms with Crippen molar-refractivity contribution in [3.05, 3.63) is 88.8 Å². The van der Waals surface area contributed by atoms with Gasteiger partial charge in [0, 0.05) is 37.7 Å². The fraction of sp³-hybridized carbons (Fsp3) is 0.486. The van der Waals surface area contributed by atoms with Gasteiger partial charge < -0.3 is 10.2 Å². The van der Waals surface area contributed by atoms with Crippen molar-refractivity contribution in [2.75, 3.05) is 31.5 Å². The van der Waals surface area contributed by atoms with E-state index in [9.17, 15) is 22.8 Å². The monoisotopic (exact) mass is 593 g/mol. The van der Waals surface area contributed by atoms with E-state index in [1.807, 2.05) is 42.5 Å². The smallest absolute Gasteiger partial charge is 0.261 e. The molecule has 2 fully saturated rings. The van der Waals surface area contributed by atoms with Crippen molar-refractivity contribution in [1.29, 1.82) is 0 Å². The van der Waals surface area contributed by atoms with Gasteiger partial charge in [-0.25, -0.2) is 13.2 Å². The third-order valence-electron chi connectivity index (χ3n) is 9.02. The summed E-state index contributed by atoms with van der Waals surface area (Å²) in [5.41, 5.74) is 3.26. The maximum atomic E-state index is 15.0. The first-order valence-corrected chi connectivity index (χ1v) is 15.3. The minimum Gasteiger partial charge on any atom is -0.334 e. The van der Waals surface area contributed by atoms with Crippen LogP contribution in [0.1, 0.15) is 67.9 Å². The molecule has 0 saturated carbocycles. The molecule has 2 saturated heterocycles. The molecule has 0 aromatic heterocycles. The van der Waals surface area contributed by atoms with Crippen LogP contribution in [0.4, 0.5) is 18.9 Å². The number of halogens is 3. The molecule has 2 aliphatic heterocycles. The summed E-state index contributed by atoms with van der Waals surface area (Å²) >= 11 is 0. The molecule has 2 amide bonds. The van der Waals surface area contributed by atoms with E-state index < -0.39 is 29.6 Å². The maximum Gasteiger partial charge on any atom is 0.261 e. The van der Waals surface area contributed by atoms with Gasteiger partial charge in [-0.05, 0) is 66.5 Å². The van der Waals surface area contributed by atoms with Crippen LogP contribution in [-0.4, -0.2) is 59.8 Å². The molecule has 3 aliphatic rings. The number of allylic oxidation sites excluding steroid dienone is 1. The van der Waals surface area contributed by atoms with Crippen molar-refractivity contribution in [3.63, 3.8) is 0 Å². The van der Waals surface area contributed by atoms with Crippen LogP contribution >= 0.6 is 0 Å². The standard InChI is InChI=1S/C35H42F3N3O2/c1-23-8-5-12-29(36)30(23)33(43)41-18-7-11-28(32(42)39-27-10-6-9-26(20-27)34(2,3)4)31(41)25-15-13-24(14-16-25)21-40-19-17-35(37,38)22-40/h5-6,8-10,12-15,20,25,28,31H,7,11,16-19,21-22H2,1-4H3,(H,39,42)/t25?,28?,31-/m0/s1. The topological polar surface area (TPSA) is 52.7 Å². The lowest BCUT2D eigenvalue weighted by atomic mass is 9.77. The molecule has 8 heteroatoms. The average Bonchev–Trinajstić information content (AvgIpc) is 3.30. The minimum atomic E-state index is -2.65. The van der Waals surface area contributed by atoms with Crippen LogP contribution < -0.4 is 5.32 Å². The lowest BCUT2D eigenvalue weighted by Crippen LogP contribution is -2.55. The fourth-order valence-electron chi connectivity index (χ4n) is 6.67. The molecule has 2 unspecified atom stereocenters. The molecule has 0 bridgehead atoms. The number of anilines is 1. The average molecular weight is 594 g/mol. The molecule has 0 radical (unpaired) electrons. The molecule has 1 N–H and O–H groups in total. The number of nitrogens with zero attached hydrogens (tertiary/aromatic N) is 2. The summed E-state index contributed by atoms with van der Waals surface area (Å²) in [6, 6.07) is 11.9. The Hall–Kier alpha value is -3.39. The Kier molecular flexibility index (Phi) is 8.89. The molecule has 5 rings (SSSR count). The Morgan fingerprint density at radius 2 is 1.86 bits per heavy atom. The van der Waals surface area contributed by atoms with Gasteiger partial charge in [0.2, 0.25) is 5.91 Å². The zero-order valence-electron chi connectivity index (χ0n) is 25.5. The highest BCUT2D eigenvalue weighted by molar-refractivity contribution is 5.98. The van der Waals surface area contributed by atoms with E-state index in [0.717, 1.165) is 11.1 Å². The van der Waals surface area contributed by atoms with Gasteiger partial charge in [0.25, 0.3) is 11.8 Å². The lowest BCUT2D eigenvalue weighted by Gasteiger charge is -2.44. The summed E-state index contributed by atoms with van der Waals surface area (Å²) in [5.74, 6) is -4.49. The third-order valence-corrected chi connectivity index (χ3v) is 9.02. The van der Waals surface area contributed by atoms with E-state index in [0.29, 0.717) is 50.1 Å². The fourth-order valence-corrected chi connectivity index (χ4v) is 6.67. The van der Waals surface area contributed by atoms with Gasteiger partial charge in [-0.2, -0.15) is 0 Å². The van der Waals surface area contributed by atoms with Crippen LogP contribution in [0, 0.1) is 24.6 Å². The van der Waals surface area contributed by atoms with Crippen molar-refractivity contribution in [1.82, 2.24) is 9.80 Å². The molecular formula is C35H42F3N3O2. The van der Waals surface area contributed by atoms with Crippen molar-refractivity contribution in [2.45, 2.75) is 70.8 Å². The molecule has 230 valence electrons. The molecule has 43 heavy (non-hydrogen) atoms. The lowest BCUT2D eigenvalue weighted by molar-refractivity contribution is -0.123. The maximum absolute atomic E-state index is 15.0. The van der Waals surface area contributed by atoms with E-state index in [4.69, 9.17) is 0 Å². The molecule has 1 aliphatic carbocycles. The van der Waals surface area contributed by atoms with E-state index >= 15 is 0 Å². The largest absolute Gasteiger partial charge is 0.334 e. The van der Waals surface area contributed by atoms with Gasteiger partial charge in [-0.15, -0.1) is 0 Å². The van der Waals surface area contributed by atoms with Crippen LogP contribution in [0.3, 0.4) is 0 Å². The van der Waals surface area contributed by atoms with E-state index in [1.54, 1.807) is 28.9 Å². The quantitative estimate of drug-likeness (QED) is 0.388. The van der Waals surface area contributed by atoms with Crippen molar-refractivity contribution < 1.29 is 22.8 Å². The van der Waals surface area contributed by atoms with Crippen LogP contribution in [0.15, 0.2) is 66.3 Å². The highest BCUT2D eigenvalue weighted by Gasteiger charge is 2.43. The predicted molar refractivity (Wildman–Crippen MR) is 164 cm³/mol. The van der Waals surface area contributed by atoms with Crippen LogP contribution in [0.5, 0.6) is 0 Å². The van der Waals surface area contributed by atoms with E-state index in [2.05, 4.69) is 26.1 Å². The van der Waals surface area contributed by atoms with Gasteiger partial charge in [-0.1, -0.05) is 63.3 Å². The molecule has 3 atom stereocenters. The summed E-state index contributed by atoms with van der Waals surface area (Å²) < 4.78 is 42.5. The molecule has 2 aromatic rings. The number of hydrogen-bond acceptors (Lipinski definition) is 3. The first-order valence-electron chi connectivity index (χ1n) is 15.3. The number of benzene rings is 2. The predicted octanol–water partition coefficient (Wildman–Crippen LogP) is 7.13. The molecule has 2 aromatic carbocycles. The third kappa shape index (κ3) is 7.06. The van der Waals surface area contributed by atoms with Crippen LogP contribution in [-0.2, 0) is 10.2 Å². The number of nitrogens with one attached hydrogen (secondary N) is 1. The summed E-state index contributed by atoms with van der Waals surface area (Å²) in [6.07, 6.45) is 7.64. The molecule has 5 nitrogen and oxygen atoms in total. The SMILES string of the molecule is Cc1cccc(F)c1C(=O)N1CCCC(C(=O)Nc2cccc(C(C)(C)C)c2)[C@@H]1C1C=CC(CN2CCC(F)(F)C2)=CC1. The second-order valence-electron chi connectivity index (χ2n) is 13.3. The number of rotatable bonds is 6. The molecule has 0 spiro atoms. The van der Waals surface area contributed by atoms with Gasteiger partial charge in [0.1, 0.15) is 5.82 Å². The summed E-state index contributed by atoms with van der Waals surface area (Å²) in [7, 11) is 0. The Balaban J connectivity index is 1.41. The minimum absolute atomic E-state index is 0.0393. The zero-order valence-corrected chi connectivity index (χ0v) is 25.5.